The minimum absolute atomic E-state index is 0.0424. The molecule has 0 atom stereocenters. The average Bonchev–Trinajstić information content (AvgIpc) is 2.43. The summed E-state index contributed by atoms with van der Waals surface area (Å²) in [5, 5.41) is -0.0831. The van der Waals surface area contributed by atoms with Gasteiger partial charge < -0.3 is 0 Å². The Bertz CT molecular complexity index is 865. The van der Waals surface area contributed by atoms with E-state index < -0.39 is 17.5 Å². The van der Waals surface area contributed by atoms with Crippen molar-refractivity contribution in [2.24, 2.45) is 0 Å². The van der Waals surface area contributed by atoms with Gasteiger partial charge in [0.2, 0.25) is 0 Å². The molecule has 0 aliphatic heterocycles. The van der Waals surface area contributed by atoms with Gasteiger partial charge >= 0.3 is 0 Å². The lowest BCUT2D eigenvalue weighted by molar-refractivity contribution is 0.590. The van der Waals surface area contributed by atoms with Crippen LogP contribution in [0.3, 0.4) is 0 Å². The number of fused-ring (bicyclic) bond motifs is 1. The summed E-state index contributed by atoms with van der Waals surface area (Å²) in [4.78, 5) is 7.91. The second kappa shape index (κ2) is 5.00. The highest BCUT2D eigenvalue weighted by atomic mass is 35.5. The number of benzene rings is 2. The maximum atomic E-state index is 14.1. The SMILES string of the molecule is Cc1cccc(-c2nc(Cl)c3cc(F)cc(F)c3n2)c1F. The van der Waals surface area contributed by atoms with Crippen LogP contribution in [-0.2, 0) is 0 Å². The molecule has 0 fully saturated rings. The summed E-state index contributed by atoms with van der Waals surface area (Å²) in [5.74, 6) is -2.20. The summed E-state index contributed by atoms with van der Waals surface area (Å²) in [6.45, 7) is 1.59. The number of hydrogen-bond donors (Lipinski definition) is 0. The van der Waals surface area contributed by atoms with Gasteiger partial charge in [0.05, 0.1) is 5.56 Å². The lowest BCUT2D eigenvalue weighted by Crippen LogP contribution is -1.98. The van der Waals surface area contributed by atoms with Crippen molar-refractivity contribution in [1.29, 1.82) is 0 Å². The van der Waals surface area contributed by atoms with Crippen LogP contribution in [0, 0.1) is 24.4 Å². The van der Waals surface area contributed by atoms with Gasteiger partial charge in [0.15, 0.2) is 11.6 Å². The predicted molar refractivity (Wildman–Crippen MR) is 74.6 cm³/mol. The molecule has 0 aliphatic rings. The first kappa shape index (κ1) is 13.8. The Balaban J connectivity index is 2.33. The van der Waals surface area contributed by atoms with Gasteiger partial charge in [0.25, 0.3) is 0 Å². The Labute approximate surface area is 123 Å². The first-order valence-corrected chi connectivity index (χ1v) is 6.43. The molecule has 0 aliphatic carbocycles. The Morgan fingerprint density at radius 2 is 1.81 bits per heavy atom. The highest BCUT2D eigenvalue weighted by Crippen LogP contribution is 2.29. The molecular formula is C15H8ClF3N2. The van der Waals surface area contributed by atoms with Crippen LogP contribution in [0.15, 0.2) is 30.3 Å². The van der Waals surface area contributed by atoms with Gasteiger partial charge in [-0.25, -0.2) is 23.1 Å². The third-order valence-electron chi connectivity index (χ3n) is 3.10. The Morgan fingerprint density at radius 1 is 1.05 bits per heavy atom. The van der Waals surface area contributed by atoms with Crippen molar-refractivity contribution in [3.8, 4) is 11.4 Å². The second-order valence-corrected chi connectivity index (χ2v) is 4.92. The normalized spacial score (nSPS) is 11.1. The molecule has 3 aromatic rings. The van der Waals surface area contributed by atoms with Crippen molar-refractivity contribution in [2.75, 3.05) is 0 Å². The van der Waals surface area contributed by atoms with Crippen LogP contribution in [-0.4, -0.2) is 9.97 Å². The fourth-order valence-corrected chi connectivity index (χ4v) is 2.29. The summed E-state index contributed by atoms with van der Waals surface area (Å²) in [6, 6.07) is 6.44. The second-order valence-electron chi connectivity index (χ2n) is 4.56. The highest BCUT2D eigenvalue weighted by molar-refractivity contribution is 6.34. The topological polar surface area (TPSA) is 25.8 Å². The lowest BCUT2D eigenvalue weighted by atomic mass is 10.1. The minimum Gasteiger partial charge on any atom is -0.225 e. The number of aryl methyl sites for hydroxylation is 1. The van der Waals surface area contributed by atoms with E-state index >= 15 is 0 Å². The third kappa shape index (κ3) is 2.34. The molecule has 0 unspecified atom stereocenters. The van der Waals surface area contributed by atoms with E-state index in [1.165, 1.54) is 6.07 Å². The van der Waals surface area contributed by atoms with Gasteiger partial charge in [0, 0.05) is 11.5 Å². The van der Waals surface area contributed by atoms with Gasteiger partial charge in [-0.2, -0.15) is 0 Å². The van der Waals surface area contributed by atoms with E-state index in [9.17, 15) is 13.2 Å². The van der Waals surface area contributed by atoms with Crippen LogP contribution in [0.4, 0.5) is 13.2 Å². The van der Waals surface area contributed by atoms with E-state index in [0.717, 1.165) is 6.07 Å². The zero-order chi connectivity index (χ0) is 15.1. The summed E-state index contributed by atoms with van der Waals surface area (Å²) >= 11 is 5.94. The lowest BCUT2D eigenvalue weighted by Gasteiger charge is -2.07. The molecule has 1 aromatic heterocycles. The first-order valence-electron chi connectivity index (χ1n) is 6.05. The predicted octanol–water partition coefficient (Wildman–Crippen LogP) is 4.68. The molecule has 2 nitrogen and oxygen atoms in total. The fourth-order valence-electron chi connectivity index (χ4n) is 2.06. The van der Waals surface area contributed by atoms with Crippen molar-refractivity contribution >= 4 is 22.5 Å². The van der Waals surface area contributed by atoms with E-state index in [2.05, 4.69) is 9.97 Å². The van der Waals surface area contributed by atoms with Crippen molar-refractivity contribution in [3.05, 3.63) is 58.5 Å². The van der Waals surface area contributed by atoms with E-state index in [1.54, 1.807) is 19.1 Å². The maximum Gasteiger partial charge on any atom is 0.164 e. The first-order chi connectivity index (χ1) is 9.97. The quantitative estimate of drug-likeness (QED) is 0.610. The van der Waals surface area contributed by atoms with Crippen LogP contribution >= 0.6 is 11.6 Å². The van der Waals surface area contributed by atoms with Crippen LogP contribution in [0.25, 0.3) is 22.3 Å². The third-order valence-corrected chi connectivity index (χ3v) is 3.39. The van der Waals surface area contributed by atoms with Gasteiger partial charge in [-0.05, 0) is 24.6 Å². The molecular weight excluding hydrogens is 301 g/mol. The number of rotatable bonds is 1. The standard InChI is InChI=1S/C15H8ClF3N2/c1-7-3-2-4-9(12(7)19)15-20-13-10(14(16)21-15)5-8(17)6-11(13)18/h2-6H,1H3. The highest BCUT2D eigenvalue weighted by Gasteiger charge is 2.16. The fraction of sp³-hybridized carbons (Fsp3) is 0.0667. The maximum absolute atomic E-state index is 14.1. The van der Waals surface area contributed by atoms with Crippen molar-refractivity contribution in [3.63, 3.8) is 0 Å². The van der Waals surface area contributed by atoms with E-state index in [1.807, 2.05) is 0 Å². The minimum atomic E-state index is -0.872. The molecule has 3 rings (SSSR count). The summed E-state index contributed by atoms with van der Waals surface area (Å²) < 4.78 is 41.1. The molecule has 0 saturated carbocycles. The monoisotopic (exact) mass is 308 g/mol. The van der Waals surface area contributed by atoms with Crippen LogP contribution in [0.5, 0.6) is 0 Å². The summed E-state index contributed by atoms with van der Waals surface area (Å²) in [5.41, 5.74) is 0.377. The van der Waals surface area contributed by atoms with Gasteiger partial charge in [0.1, 0.15) is 22.3 Å². The molecule has 0 bridgehead atoms. The molecule has 2 aromatic carbocycles. The van der Waals surface area contributed by atoms with Crippen molar-refractivity contribution < 1.29 is 13.2 Å². The Morgan fingerprint density at radius 3 is 2.57 bits per heavy atom. The van der Waals surface area contributed by atoms with Gasteiger partial charge in [-0.3, -0.25) is 0 Å². The number of nitrogens with zero attached hydrogens (tertiary/aromatic N) is 2. The molecule has 0 saturated heterocycles. The summed E-state index contributed by atoms with van der Waals surface area (Å²) in [7, 11) is 0. The number of aromatic nitrogens is 2. The van der Waals surface area contributed by atoms with Gasteiger partial charge in [-0.15, -0.1) is 0 Å². The van der Waals surface area contributed by atoms with E-state index in [0.29, 0.717) is 11.6 Å². The number of hydrogen-bond acceptors (Lipinski definition) is 2. The van der Waals surface area contributed by atoms with Crippen molar-refractivity contribution in [1.82, 2.24) is 9.97 Å². The van der Waals surface area contributed by atoms with Crippen LogP contribution in [0.1, 0.15) is 5.56 Å². The van der Waals surface area contributed by atoms with Crippen molar-refractivity contribution in [2.45, 2.75) is 6.92 Å². The molecule has 0 radical (unpaired) electrons. The van der Waals surface area contributed by atoms with Crippen LogP contribution in [0.2, 0.25) is 5.15 Å². The zero-order valence-electron chi connectivity index (χ0n) is 10.8. The Kier molecular flexibility index (Phi) is 3.29. The van der Waals surface area contributed by atoms with Gasteiger partial charge in [-0.1, -0.05) is 23.7 Å². The average molecular weight is 309 g/mol. The smallest absolute Gasteiger partial charge is 0.164 e. The molecule has 0 amide bonds. The summed E-state index contributed by atoms with van der Waals surface area (Å²) in [6.07, 6.45) is 0. The van der Waals surface area contributed by atoms with Crippen LogP contribution < -0.4 is 0 Å². The van der Waals surface area contributed by atoms with E-state index in [-0.39, 0.29) is 27.4 Å². The Hall–Kier alpha value is -2.14. The number of halogens is 4. The molecule has 0 N–H and O–H groups in total. The molecule has 106 valence electrons. The largest absolute Gasteiger partial charge is 0.225 e. The van der Waals surface area contributed by atoms with E-state index in [4.69, 9.17) is 11.6 Å². The zero-order valence-corrected chi connectivity index (χ0v) is 11.5. The molecule has 1 heterocycles. The molecule has 0 spiro atoms. The molecule has 21 heavy (non-hydrogen) atoms. The molecule has 6 heteroatoms.